The molecule has 0 aliphatic carbocycles. The van der Waals surface area contributed by atoms with E-state index in [9.17, 15) is 4.79 Å². The number of amides is 1. The SMILES string of the molecule is C#CCCCCNC(=O)c1cnn(-c2ccccc2)c1. The highest BCUT2D eigenvalue weighted by atomic mass is 16.1. The highest BCUT2D eigenvalue weighted by molar-refractivity contribution is 5.93. The van der Waals surface area contributed by atoms with Crippen LogP contribution in [0.1, 0.15) is 29.6 Å². The predicted octanol–water partition coefficient (Wildman–Crippen LogP) is 2.41. The molecule has 0 saturated carbocycles. The van der Waals surface area contributed by atoms with Gasteiger partial charge < -0.3 is 5.32 Å². The molecule has 20 heavy (non-hydrogen) atoms. The second kappa shape index (κ2) is 7.15. The molecule has 1 amide bonds. The van der Waals surface area contributed by atoms with E-state index in [1.807, 2.05) is 30.3 Å². The molecule has 4 heteroatoms. The second-order valence-electron chi connectivity index (χ2n) is 4.43. The maximum Gasteiger partial charge on any atom is 0.254 e. The van der Waals surface area contributed by atoms with Gasteiger partial charge in [0.25, 0.3) is 5.91 Å². The molecule has 0 unspecified atom stereocenters. The minimum atomic E-state index is -0.104. The summed E-state index contributed by atoms with van der Waals surface area (Å²) in [6, 6.07) is 9.68. The molecule has 1 N–H and O–H groups in total. The smallest absolute Gasteiger partial charge is 0.254 e. The quantitative estimate of drug-likeness (QED) is 0.645. The molecular formula is C16H17N3O. The number of hydrogen-bond donors (Lipinski definition) is 1. The third-order valence-electron chi connectivity index (χ3n) is 2.90. The summed E-state index contributed by atoms with van der Waals surface area (Å²) in [4.78, 5) is 11.9. The Bertz CT molecular complexity index is 596. The van der Waals surface area contributed by atoms with E-state index in [-0.39, 0.29) is 5.91 Å². The molecule has 1 aromatic carbocycles. The van der Waals surface area contributed by atoms with E-state index >= 15 is 0 Å². The highest BCUT2D eigenvalue weighted by Gasteiger charge is 2.08. The highest BCUT2D eigenvalue weighted by Crippen LogP contribution is 2.07. The molecule has 0 aliphatic rings. The second-order valence-corrected chi connectivity index (χ2v) is 4.43. The molecule has 1 heterocycles. The summed E-state index contributed by atoms with van der Waals surface area (Å²) in [6.45, 7) is 0.636. The van der Waals surface area contributed by atoms with Gasteiger partial charge in [-0.1, -0.05) is 18.2 Å². The Hall–Kier alpha value is -2.54. The Labute approximate surface area is 118 Å². The zero-order valence-electron chi connectivity index (χ0n) is 11.2. The van der Waals surface area contributed by atoms with Gasteiger partial charge in [-0.25, -0.2) is 4.68 Å². The van der Waals surface area contributed by atoms with Crippen molar-refractivity contribution in [3.05, 3.63) is 48.3 Å². The van der Waals surface area contributed by atoms with Gasteiger partial charge in [0.15, 0.2) is 0 Å². The molecule has 0 aliphatic heterocycles. The Morgan fingerprint density at radius 1 is 1.30 bits per heavy atom. The van der Waals surface area contributed by atoms with Gasteiger partial charge in [-0.15, -0.1) is 12.3 Å². The predicted molar refractivity (Wildman–Crippen MR) is 78.6 cm³/mol. The van der Waals surface area contributed by atoms with E-state index in [4.69, 9.17) is 6.42 Å². The van der Waals surface area contributed by atoms with Crippen LogP contribution in [0.25, 0.3) is 5.69 Å². The number of aromatic nitrogens is 2. The molecule has 4 nitrogen and oxygen atoms in total. The maximum absolute atomic E-state index is 11.9. The Morgan fingerprint density at radius 3 is 2.85 bits per heavy atom. The summed E-state index contributed by atoms with van der Waals surface area (Å²) in [5.74, 6) is 2.48. The van der Waals surface area contributed by atoms with Gasteiger partial charge in [0.2, 0.25) is 0 Å². The average Bonchev–Trinajstić information content (AvgIpc) is 2.98. The molecular weight excluding hydrogens is 250 g/mol. The van der Waals surface area contributed by atoms with Gasteiger partial charge in [-0.2, -0.15) is 5.10 Å². The fraction of sp³-hybridized carbons (Fsp3) is 0.250. The number of terminal acetylenes is 1. The van der Waals surface area contributed by atoms with E-state index in [0.29, 0.717) is 12.1 Å². The number of carbonyl (C=O) groups is 1. The van der Waals surface area contributed by atoms with Gasteiger partial charge >= 0.3 is 0 Å². The third kappa shape index (κ3) is 3.72. The topological polar surface area (TPSA) is 46.9 Å². The van der Waals surface area contributed by atoms with Gasteiger partial charge in [0, 0.05) is 19.2 Å². The van der Waals surface area contributed by atoms with E-state index in [0.717, 1.165) is 24.9 Å². The number of carbonyl (C=O) groups excluding carboxylic acids is 1. The molecule has 2 aromatic rings. The maximum atomic E-state index is 11.9. The molecule has 0 bridgehead atoms. The number of unbranched alkanes of at least 4 members (excludes halogenated alkanes) is 2. The number of rotatable bonds is 6. The molecule has 0 radical (unpaired) electrons. The van der Waals surface area contributed by atoms with Crippen LogP contribution in [0, 0.1) is 12.3 Å². The summed E-state index contributed by atoms with van der Waals surface area (Å²) < 4.78 is 1.69. The molecule has 0 atom stereocenters. The minimum Gasteiger partial charge on any atom is -0.352 e. The first-order valence-corrected chi connectivity index (χ1v) is 6.63. The van der Waals surface area contributed by atoms with Crippen LogP contribution in [0.3, 0.4) is 0 Å². The first-order valence-electron chi connectivity index (χ1n) is 6.63. The molecule has 102 valence electrons. The summed E-state index contributed by atoms with van der Waals surface area (Å²) >= 11 is 0. The van der Waals surface area contributed by atoms with Crippen molar-refractivity contribution in [2.24, 2.45) is 0 Å². The lowest BCUT2D eigenvalue weighted by atomic mass is 10.2. The lowest BCUT2D eigenvalue weighted by Gasteiger charge is -2.02. The summed E-state index contributed by atoms with van der Waals surface area (Å²) in [5.41, 5.74) is 1.49. The van der Waals surface area contributed by atoms with Gasteiger partial charge in [-0.05, 0) is 25.0 Å². The summed E-state index contributed by atoms with van der Waals surface area (Å²) in [5, 5.41) is 7.06. The largest absolute Gasteiger partial charge is 0.352 e. The van der Waals surface area contributed by atoms with Crippen molar-refractivity contribution in [3.8, 4) is 18.0 Å². The van der Waals surface area contributed by atoms with Crippen molar-refractivity contribution in [1.29, 1.82) is 0 Å². The van der Waals surface area contributed by atoms with Crippen LogP contribution >= 0.6 is 0 Å². The fourth-order valence-corrected chi connectivity index (χ4v) is 1.82. The third-order valence-corrected chi connectivity index (χ3v) is 2.90. The Morgan fingerprint density at radius 2 is 2.10 bits per heavy atom. The van der Waals surface area contributed by atoms with Gasteiger partial charge in [0.1, 0.15) is 0 Å². The standard InChI is InChI=1S/C16H17N3O/c1-2-3-4-8-11-17-16(20)14-12-18-19(13-14)15-9-6-5-7-10-15/h1,5-7,9-10,12-13H,3-4,8,11H2,(H,17,20). The molecule has 1 aromatic heterocycles. The Kier molecular flexibility index (Phi) is 4.96. The summed E-state index contributed by atoms with van der Waals surface area (Å²) in [6.07, 6.45) is 11.0. The van der Waals surface area contributed by atoms with Crippen LogP contribution in [0.2, 0.25) is 0 Å². The van der Waals surface area contributed by atoms with E-state index in [1.165, 1.54) is 0 Å². The van der Waals surface area contributed by atoms with Gasteiger partial charge in [-0.3, -0.25) is 4.79 Å². The van der Waals surface area contributed by atoms with Crippen LogP contribution in [0.4, 0.5) is 0 Å². The van der Waals surface area contributed by atoms with Crippen molar-refractivity contribution in [3.63, 3.8) is 0 Å². The fourth-order valence-electron chi connectivity index (χ4n) is 1.82. The van der Waals surface area contributed by atoms with E-state index in [2.05, 4.69) is 16.3 Å². The van der Waals surface area contributed by atoms with E-state index < -0.39 is 0 Å². The summed E-state index contributed by atoms with van der Waals surface area (Å²) in [7, 11) is 0. The zero-order chi connectivity index (χ0) is 14.2. The van der Waals surface area contributed by atoms with Crippen LogP contribution in [0.5, 0.6) is 0 Å². The van der Waals surface area contributed by atoms with Crippen LogP contribution in [-0.4, -0.2) is 22.2 Å². The first-order chi connectivity index (χ1) is 9.81. The van der Waals surface area contributed by atoms with Crippen molar-refractivity contribution < 1.29 is 4.79 Å². The van der Waals surface area contributed by atoms with Crippen LogP contribution in [0.15, 0.2) is 42.7 Å². The molecule has 2 rings (SSSR count). The number of benzene rings is 1. The number of para-hydroxylation sites is 1. The lowest BCUT2D eigenvalue weighted by Crippen LogP contribution is -2.23. The van der Waals surface area contributed by atoms with Crippen molar-refractivity contribution in [2.45, 2.75) is 19.3 Å². The first kappa shape index (κ1) is 13.9. The van der Waals surface area contributed by atoms with Crippen molar-refractivity contribution in [2.75, 3.05) is 6.54 Å². The van der Waals surface area contributed by atoms with Crippen molar-refractivity contribution >= 4 is 5.91 Å². The van der Waals surface area contributed by atoms with Crippen LogP contribution < -0.4 is 5.32 Å². The Balaban J connectivity index is 1.89. The average molecular weight is 267 g/mol. The van der Waals surface area contributed by atoms with Gasteiger partial charge in [0.05, 0.1) is 17.4 Å². The minimum absolute atomic E-state index is 0.104. The normalized spacial score (nSPS) is 9.95. The lowest BCUT2D eigenvalue weighted by molar-refractivity contribution is 0.0953. The molecule has 0 saturated heterocycles. The van der Waals surface area contributed by atoms with Crippen LogP contribution in [-0.2, 0) is 0 Å². The monoisotopic (exact) mass is 267 g/mol. The number of nitrogens with one attached hydrogen (secondary N) is 1. The number of nitrogens with zero attached hydrogens (tertiary/aromatic N) is 2. The molecule has 0 spiro atoms. The number of hydrogen-bond acceptors (Lipinski definition) is 2. The van der Waals surface area contributed by atoms with Crippen molar-refractivity contribution in [1.82, 2.24) is 15.1 Å². The zero-order valence-corrected chi connectivity index (χ0v) is 11.2. The van der Waals surface area contributed by atoms with E-state index in [1.54, 1.807) is 17.1 Å². The molecule has 0 fully saturated rings.